The lowest BCUT2D eigenvalue weighted by atomic mass is 10.1. The molecule has 0 aliphatic heterocycles. The summed E-state index contributed by atoms with van der Waals surface area (Å²) in [5.41, 5.74) is 15.0. The van der Waals surface area contributed by atoms with Crippen LogP contribution in [0.3, 0.4) is 0 Å². The van der Waals surface area contributed by atoms with Crippen LogP contribution in [0.25, 0.3) is 10.9 Å². The van der Waals surface area contributed by atoms with E-state index in [4.69, 9.17) is 11.5 Å². The van der Waals surface area contributed by atoms with Crippen LogP contribution in [0.5, 0.6) is 0 Å². The highest BCUT2D eigenvalue weighted by Crippen LogP contribution is 2.23. The summed E-state index contributed by atoms with van der Waals surface area (Å²) < 4.78 is 2.24. The maximum atomic E-state index is 5.73. The van der Waals surface area contributed by atoms with Crippen LogP contribution in [-0.4, -0.2) is 4.57 Å². The summed E-state index contributed by atoms with van der Waals surface area (Å²) in [6.45, 7) is 4.24. The van der Waals surface area contributed by atoms with E-state index in [1.54, 1.807) is 0 Å². The number of aromatic nitrogens is 1. The Bertz CT molecular complexity index is 471. The van der Waals surface area contributed by atoms with Crippen molar-refractivity contribution in [3.05, 3.63) is 35.5 Å². The van der Waals surface area contributed by atoms with E-state index in [0.29, 0.717) is 13.1 Å². The largest absolute Gasteiger partial charge is 0.344 e. The molecular formula is C12H17N3. The van der Waals surface area contributed by atoms with E-state index < -0.39 is 0 Å². The smallest absolute Gasteiger partial charge is 0.0486 e. The van der Waals surface area contributed by atoms with Crippen molar-refractivity contribution in [1.29, 1.82) is 0 Å². The minimum Gasteiger partial charge on any atom is -0.344 e. The second-order valence-electron chi connectivity index (χ2n) is 3.64. The number of nitrogens with two attached hydrogens (primary N) is 2. The molecule has 0 aliphatic rings. The second kappa shape index (κ2) is 4.04. The van der Waals surface area contributed by atoms with Crippen molar-refractivity contribution in [1.82, 2.24) is 4.57 Å². The van der Waals surface area contributed by atoms with Gasteiger partial charge in [0.25, 0.3) is 0 Å². The van der Waals surface area contributed by atoms with Gasteiger partial charge in [-0.3, -0.25) is 0 Å². The number of aryl methyl sites for hydroxylation is 1. The number of hydrogen-bond acceptors (Lipinski definition) is 2. The maximum Gasteiger partial charge on any atom is 0.0486 e. The monoisotopic (exact) mass is 203 g/mol. The summed E-state index contributed by atoms with van der Waals surface area (Å²) in [5, 5.41) is 1.24. The maximum absolute atomic E-state index is 5.73. The molecule has 0 unspecified atom stereocenters. The molecule has 15 heavy (non-hydrogen) atoms. The average Bonchev–Trinajstić information content (AvgIpc) is 2.66. The Hall–Kier alpha value is -1.32. The molecule has 3 heteroatoms. The molecule has 1 aromatic carbocycles. The molecule has 1 aromatic heterocycles. The highest BCUT2D eigenvalue weighted by Gasteiger charge is 2.08. The molecule has 2 aromatic rings. The zero-order chi connectivity index (χ0) is 10.8. The fourth-order valence-corrected chi connectivity index (χ4v) is 2.12. The molecule has 0 fully saturated rings. The van der Waals surface area contributed by atoms with Gasteiger partial charge in [0.1, 0.15) is 0 Å². The molecule has 0 saturated heterocycles. The third-order valence-electron chi connectivity index (χ3n) is 2.87. The molecular weight excluding hydrogens is 186 g/mol. The van der Waals surface area contributed by atoms with Crippen molar-refractivity contribution < 1.29 is 0 Å². The third-order valence-corrected chi connectivity index (χ3v) is 2.87. The summed E-state index contributed by atoms with van der Waals surface area (Å²) in [6.07, 6.45) is 0. The van der Waals surface area contributed by atoms with Crippen molar-refractivity contribution in [3.8, 4) is 0 Å². The van der Waals surface area contributed by atoms with Crippen molar-refractivity contribution >= 4 is 10.9 Å². The molecule has 2 rings (SSSR count). The van der Waals surface area contributed by atoms with E-state index in [1.807, 2.05) is 0 Å². The van der Waals surface area contributed by atoms with E-state index in [-0.39, 0.29) is 0 Å². The molecule has 3 nitrogen and oxygen atoms in total. The third kappa shape index (κ3) is 1.54. The van der Waals surface area contributed by atoms with Crippen LogP contribution in [0.15, 0.2) is 24.3 Å². The lowest BCUT2D eigenvalue weighted by molar-refractivity contribution is 0.739. The van der Waals surface area contributed by atoms with Crippen LogP contribution in [-0.2, 0) is 19.6 Å². The predicted molar refractivity (Wildman–Crippen MR) is 63.4 cm³/mol. The minimum atomic E-state index is 0.576. The van der Waals surface area contributed by atoms with Gasteiger partial charge >= 0.3 is 0 Å². The molecule has 0 aliphatic carbocycles. The number of fused-ring (bicyclic) bond motifs is 1. The highest BCUT2D eigenvalue weighted by molar-refractivity contribution is 5.84. The van der Waals surface area contributed by atoms with E-state index >= 15 is 0 Å². The zero-order valence-electron chi connectivity index (χ0n) is 9.03. The van der Waals surface area contributed by atoms with Gasteiger partial charge in [0.15, 0.2) is 0 Å². The van der Waals surface area contributed by atoms with Crippen molar-refractivity contribution in [3.63, 3.8) is 0 Å². The Morgan fingerprint density at radius 2 is 2.00 bits per heavy atom. The normalized spacial score (nSPS) is 11.1. The first kappa shape index (κ1) is 10.2. The van der Waals surface area contributed by atoms with Gasteiger partial charge in [-0.25, -0.2) is 0 Å². The first-order chi connectivity index (χ1) is 7.31. The fourth-order valence-electron chi connectivity index (χ4n) is 2.12. The SMILES string of the molecule is CCn1c(CN)cc2c(CN)cccc21. The Balaban J connectivity index is 2.75. The molecule has 80 valence electrons. The van der Waals surface area contributed by atoms with Crippen LogP contribution in [0, 0.1) is 0 Å². The number of nitrogens with zero attached hydrogens (tertiary/aromatic N) is 1. The van der Waals surface area contributed by atoms with Crippen LogP contribution >= 0.6 is 0 Å². The first-order valence-corrected chi connectivity index (χ1v) is 5.32. The summed E-state index contributed by atoms with van der Waals surface area (Å²) in [6, 6.07) is 8.40. The first-order valence-electron chi connectivity index (χ1n) is 5.32. The zero-order valence-corrected chi connectivity index (χ0v) is 9.03. The quantitative estimate of drug-likeness (QED) is 0.795. The van der Waals surface area contributed by atoms with Gasteiger partial charge in [-0.1, -0.05) is 12.1 Å². The van der Waals surface area contributed by atoms with Gasteiger partial charge < -0.3 is 16.0 Å². The average molecular weight is 203 g/mol. The number of benzene rings is 1. The second-order valence-corrected chi connectivity index (χ2v) is 3.64. The summed E-state index contributed by atoms with van der Waals surface area (Å²) in [5.74, 6) is 0. The fraction of sp³-hybridized carbons (Fsp3) is 0.333. The standard InChI is InChI=1S/C12H17N3/c1-2-15-10(8-14)6-11-9(7-13)4-3-5-12(11)15/h3-6H,2,7-8,13-14H2,1H3. The van der Waals surface area contributed by atoms with Crippen LogP contribution in [0.4, 0.5) is 0 Å². The van der Waals surface area contributed by atoms with E-state index in [1.165, 1.54) is 22.2 Å². The Labute approximate surface area is 89.7 Å². The van der Waals surface area contributed by atoms with Gasteiger partial charge in [-0.05, 0) is 24.6 Å². The van der Waals surface area contributed by atoms with Crippen LogP contribution in [0.2, 0.25) is 0 Å². The van der Waals surface area contributed by atoms with E-state index in [9.17, 15) is 0 Å². The molecule has 4 N–H and O–H groups in total. The summed E-state index contributed by atoms with van der Waals surface area (Å²) in [4.78, 5) is 0. The number of rotatable bonds is 3. The van der Waals surface area contributed by atoms with Gasteiger partial charge in [0.05, 0.1) is 0 Å². The van der Waals surface area contributed by atoms with E-state index in [2.05, 4.69) is 35.8 Å². The summed E-state index contributed by atoms with van der Waals surface area (Å²) >= 11 is 0. The lowest BCUT2D eigenvalue weighted by Gasteiger charge is -2.05. The molecule has 0 radical (unpaired) electrons. The van der Waals surface area contributed by atoms with Gasteiger partial charge in [-0.2, -0.15) is 0 Å². The Morgan fingerprint density at radius 3 is 2.60 bits per heavy atom. The van der Waals surface area contributed by atoms with Crippen LogP contribution < -0.4 is 11.5 Å². The van der Waals surface area contributed by atoms with Gasteiger partial charge in [0, 0.05) is 36.2 Å². The minimum absolute atomic E-state index is 0.576. The molecule has 0 bridgehead atoms. The molecule has 0 spiro atoms. The Kier molecular flexibility index (Phi) is 2.75. The van der Waals surface area contributed by atoms with Crippen molar-refractivity contribution in [2.45, 2.75) is 26.6 Å². The van der Waals surface area contributed by atoms with Gasteiger partial charge in [0.2, 0.25) is 0 Å². The lowest BCUT2D eigenvalue weighted by Crippen LogP contribution is -2.05. The van der Waals surface area contributed by atoms with Crippen LogP contribution in [0.1, 0.15) is 18.2 Å². The van der Waals surface area contributed by atoms with Gasteiger partial charge in [-0.15, -0.1) is 0 Å². The molecule has 0 atom stereocenters. The topological polar surface area (TPSA) is 57.0 Å². The molecule has 0 amide bonds. The molecule has 1 heterocycles. The highest BCUT2D eigenvalue weighted by atomic mass is 15.0. The van der Waals surface area contributed by atoms with E-state index in [0.717, 1.165) is 6.54 Å². The van der Waals surface area contributed by atoms with Crippen molar-refractivity contribution in [2.75, 3.05) is 0 Å². The van der Waals surface area contributed by atoms with Crippen molar-refractivity contribution in [2.24, 2.45) is 11.5 Å². The predicted octanol–water partition coefficient (Wildman–Crippen LogP) is 1.58. The Morgan fingerprint density at radius 1 is 1.20 bits per heavy atom. The summed E-state index contributed by atoms with van der Waals surface area (Å²) in [7, 11) is 0. The molecule has 0 saturated carbocycles. The number of hydrogen-bond donors (Lipinski definition) is 2.